The Morgan fingerprint density at radius 3 is 2.54 bits per heavy atom. The van der Waals surface area contributed by atoms with E-state index in [0.717, 1.165) is 25.3 Å². The van der Waals surface area contributed by atoms with E-state index in [1.165, 1.54) is 18.4 Å². The van der Waals surface area contributed by atoms with E-state index in [-0.39, 0.29) is 29.9 Å². The summed E-state index contributed by atoms with van der Waals surface area (Å²) < 4.78 is 0. The highest BCUT2D eigenvalue weighted by molar-refractivity contribution is 14.0. The number of carbonyl (C=O) groups excluding carboxylic acids is 1. The maximum atomic E-state index is 11.9. The number of nitrogens with zero attached hydrogens (tertiary/aromatic N) is 1. The Morgan fingerprint density at radius 1 is 1.17 bits per heavy atom. The Bertz CT molecular complexity index is 501. The van der Waals surface area contributed by atoms with Crippen LogP contribution in [0.4, 0.5) is 0 Å². The Morgan fingerprint density at radius 2 is 1.88 bits per heavy atom. The zero-order chi connectivity index (χ0) is 16.3. The van der Waals surface area contributed by atoms with Gasteiger partial charge in [-0.2, -0.15) is 0 Å². The number of benzene rings is 1. The van der Waals surface area contributed by atoms with Gasteiger partial charge in [0.05, 0.1) is 6.54 Å². The molecule has 1 aliphatic rings. The molecule has 0 aromatic heterocycles. The summed E-state index contributed by atoms with van der Waals surface area (Å²) in [6.07, 6.45) is 5.20. The molecular weight excluding hydrogens is 415 g/mol. The summed E-state index contributed by atoms with van der Waals surface area (Å²) in [5.41, 5.74) is 1.17. The molecule has 0 atom stereocenters. The lowest BCUT2D eigenvalue weighted by Crippen LogP contribution is -2.40. The van der Waals surface area contributed by atoms with Crippen LogP contribution in [0.2, 0.25) is 0 Å². The van der Waals surface area contributed by atoms with Gasteiger partial charge in [0.25, 0.3) is 0 Å². The average Bonchev–Trinajstić information content (AvgIpc) is 3.06. The molecule has 1 aliphatic carbocycles. The predicted molar refractivity (Wildman–Crippen MR) is 110 cm³/mol. The van der Waals surface area contributed by atoms with Gasteiger partial charge in [-0.1, -0.05) is 43.2 Å². The van der Waals surface area contributed by atoms with Crippen molar-refractivity contribution in [2.24, 2.45) is 4.99 Å². The SMILES string of the molecule is CCNC(=NCc1ccccc1)NCCC(=O)NC1CCCC1.I. The minimum Gasteiger partial charge on any atom is -0.357 e. The molecule has 0 radical (unpaired) electrons. The maximum absolute atomic E-state index is 11.9. The van der Waals surface area contributed by atoms with E-state index < -0.39 is 0 Å². The molecule has 0 unspecified atom stereocenters. The first kappa shape index (κ1) is 20.7. The van der Waals surface area contributed by atoms with Crippen LogP contribution < -0.4 is 16.0 Å². The van der Waals surface area contributed by atoms with Gasteiger partial charge in [0.1, 0.15) is 0 Å². The fourth-order valence-electron chi connectivity index (χ4n) is 2.76. The molecule has 3 N–H and O–H groups in total. The molecule has 5 nitrogen and oxygen atoms in total. The first-order valence-corrected chi connectivity index (χ1v) is 8.63. The Hall–Kier alpha value is -1.31. The molecule has 24 heavy (non-hydrogen) atoms. The van der Waals surface area contributed by atoms with Gasteiger partial charge >= 0.3 is 0 Å². The van der Waals surface area contributed by atoms with Crippen LogP contribution in [0, 0.1) is 0 Å². The minimum atomic E-state index is 0. The van der Waals surface area contributed by atoms with Crippen LogP contribution in [-0.4, -0.2) is 31.0 Å². The van der Waals surface area contributed by atoms with Crippen molar-refractivity contribution in [1.29, 1.82) is 0 Å². The molecule has 0 heterocycles. The summed E-state index contributed by atoms with van der Waals surface area (Å²) >= 11 is 0. The summed E-state index contributed by atoms with van der Waals surface area (Å²) in [6.45, 7) is 4.06. The number of hydrogen-bond acceptors (Lipinski definition) is 2. The minimum absolute atomic E-state index is 0. The quantitative estimate of drug-likeness (QED) is 0.344. The summed E-state index contributed by atoms with van der Waals surface area (Å²) in [5, 5.41) is 9.53. The van der Waals surface area contributed by atoms with Crippen molar-refractivity contribution in [1.82, 2.24) is 16.0 Å². The van der Waals surface area contributed by atoms with Crippen molar-refractivity contribution < 1.29 is 4.79 Å². The van der Waals surface area contributed by atoms with Crippen LogP contribution in [0.25, 0.3) is 0 Å². The molecule has 6 heteroatoms. The van der Waals surface area contributed by atoms with Crippen molar-refractivity contribution in [3.63, 3.8) is 0 Å². The van der Waals surface area contributed by atoms with Gasteiger partial charge in [-0.25, -0.2) is 4.99 Å². The average molecular weight is 444 g/mol. The predicted octanol–water partition coefficient (Wildman–Crippen LogP) is 2.81. The standard InChI is InChI=1S/C18H28N4O.HI/c1-2-19-18(21-14-15-8-4-3-5-9-15)20-13-12-17(23)22-16-10-6-7-11-16;/h3-5,8-9,16H,2,6-7,10-14H2,1H3,(H,22,23)(H2,19,20,21);1H. The number of hydrogen-bond donors (Lipinski definition) is 3. The number of guanidine groups is 1. The van der Waals surface area contributed by atoms with E-state index in [1.54, 1.807) is 0 Å². The van der Waals surface area contributed by atoms with Crippen LogP contribution >= 0.6 is 24.0 Å². The van der Waals surface area contributed by atoms with E-state index in [2.05, 4.69) is 33.1 Å². The molecule has 1 aromatic carbocycles. The fourth-order valence-corrected chi connectivity index (χ4v) is 2.76. The van der Waals surface area contributed by atoms with Crippen molar-refractivity contribution >= 4 is 35.8 Å². The lowest BCUT2D eigenvalue weighted by atomic mass is 10.2. The third kappa shape index (κ3) is 7.99. The normalized spacial score (nSPS) is 14.8. The van der Waals surface area contributed by atoms with E-state index in [9.17, 15) is 4.79 Å². The maximum Gasteiger partial charge on any atom is 0.221 e. The number of amides is 1. The number of halogens is 1. The van der Waals surface area contributed by atoms with Crippen LogP contribution in [-0.2, 0) is 11.3 Å². The second-order valence-corrected chi connectivity index (χ2v) is 5.91. The highest BCUT2D eigenvalue weighted by Crippen LogP contribution is 2.17. The molecular formula is C18H29IN4O. The lowest BCUT2D eigenvalue weighted by Gasteiger charge is -2.13. The van der Waals surface area contributed by atoms with Gasteiger partial charge in [-0.05, 0) is 25.3 Å². The molecule has 1 amide bonds. The van der Waals surface area contributed by atoms with E-state index in [1.807, 2.05) is 25.1 Å². The third-order valence-corrected chi connectivity index (χ3v) is 3.97. The van der Waals surface area contributed by atoms with Gasteiger partial charge in [0.15, 0.2) is 5.96 Å². The fraction of sp³-hybridized carbons (Fsp3) is 0.556. The number of carbonyl (C=O) groups is 1. The highest BCUT2D eigenvalue weighted by atomic mass is 127. The Kier molecular flexibility index (Phi) is 10.5. The van der Waals surface area contributed by atoms with Gasteiger partial charge < -0.3 is 16.0 Å². The van der Waals surface area contributed by atoms with Crippen molar-refractivity contribution in [2.45, 2.75) is 51.6 Å². The van der Waals surface area contributed by atoms with Gasteiger partial charge in [-0.3, -0.25) is 4.79 Å². The molecule has 0 spiro atoms. The van der Waals surface area contributed by atoms with Gasteiger partial charge in [-0.15, -0.1) is 24.0 Å². The molecule has 1 fully saturated rings. The highest BCUT2D eigenvalue weighted by Gasteiger charge is 2.16. The largest absolute Gasteiger partial charge is 0.357 e. The molecule has 0 aliphatic heterocycles. The second kappa shape index (κ2) is 12.1. The topological polar surface area (TPSA) is 65.5 Å². The molecule has 0 bridgehead atoms. The Balaban J connectivity index is 0.00000288. The van der Waals surface area contributed by atoms with Crippen LogP contribution in [0.1, 0.15) is 44.6 Å². The van der Waals surface area contributed by atoms with E-state index in [0.29, 0.717) is 25.6 Å². The van der Waals surface area contributed by atoms with Crippen molar-refractivity contribution in [3.8, 4) is 0 Å². The zero-order valence-corrected chi connectivity index (χ0v) is 16.7. The van der Waals surface area contributed by atoms with Gasteiger partial charge in [0, 0.05) is 25.6 Å². The summed E-state index contributed by atoms with van der Waals surface area (Å²) in [7, 11) is 0. The number of rotatable bonds is 7. The first-order valence-electron chi connectivity index (χ1n) is 8.63. The van der Waals surface area contributed by atoms with E-state index >= 15 is 0 Å². The van der Waals surface area contributed by atoms with Crippen LogP contribution in [0.15, 0.2) is 35.3 Å². The molecule has 1 aromatic rings. The first-order chi connectivity index (χ1) is 11.3. The molecule has 2 rings (SSSR count). The van der Waals surface area contributed by atoms with Crippen LogP contribution in [0.3, 0.4) is 0 Å². The van der Waals surface area contributed by atoms with Gasteiger partial charge in [0.2, 0.25) is 5.91 Å². The third-order valence-electron chi connectivity index (χ3n) is 3.97. The Labute approximate surface area is 162 Å². The van der Waals surface area contributed by atoms with E-state index in [4.69, 9.17) is 0 Å². The smallest absolute Gasteiger partial charge is 0.221 e. The second-order valence-electron chi connectivity index (χ2n) is 5.91. The molecule has 134 valence electrons. The van der Waals surface area contributed by atoms with Crippen LogP contribution in [0.5, 0.6) is 0 Å². The molecule has 0 saturated heterocycles. The summed E-state index contributed by atoms with van der Waals surface area (Å²) in [5.74, 6) is 0.883. The summed E-state index contributed by atoms with van der Waals surface area (Å²) in [4.78, 5) is 16.5. The number of nitrogens with one attached hydrogen (secondary N) is 3. The lowest BCUT2D eigenvalue weighted by molar-refractivity contribution is -0.121. The summed E-state index contributed by atoms with van der Waals surface area (Å²) in [6, 6.07) is 10.5. The molecule has 1 saturated carbocycles. The number of aliphatic imine (C=N–C) groups is 1. The zero-order valence-electron chi connectivity index (χ0n) is 14.4. The monoisotopic (exact) mass is 444 g/mol. The van der Waals surface area contributed by atoms with Crippen molar-refractivity contribution in [3.05, 3.63) is 35.9 Å². The van der Waals surface area contributed by atoms with Crippen molar-refractivity contribution in [2.75, 3.05) is 13.1 Å².